The first kappa shape index (κ1) is 20.0. The van der Waals surface area contributed by atoms with Crippen LogP contribution in [0.25, 0.3) is 11.4 Å². The van der Waals surface area contributed by atoms with Crippen LogP contribution in [0.1, 0.15) is 11.5 Å². The summed E-state index contributed by atoms with van der Waals surface area (Å²) in [5.74, 6) is 1.20. The molecule has 1 amide bonds. The van der Waals surface area contributed by atoms with Gasteiger partial charge in [-0.15, -0.1) is 0 Å². The standard InChI is InChI=1S/C22H23FN4O3/c1-16-2-4-17(5-3-16)22-24-20(30-25-22)14-26-10-12-27(13-11-26)21(28)15-29-19-8-6-18(23)7-9-19/h2-9H,10-15H2,1H3. The molecule has 0 bridgehead atoms. The zero-order valence-electron chi connectivity index (χ0n) is 16.8. The zero-order chi connectivity index (χ0) is 20.9. The smallest absolute Gasteiger partial charge is 0.260 e. The van der Waals surface area contributed by atoms with Crippen LogP contribution in [0, 0.1) is 12.7 Å². The Morgan fingerprint density at radius 3 is 2.47 bits per heavy atom. The minimum atomic E-state index is -0.336. The van der Waals surface area contributed by atoms with Gasteiger partial charge in [-0.2, -0.15) is 4.98 Å². The minimum Gasteiger partial charge on any atom is -0.484 e. The molecule has 0 unspecified atom stereocenters. The molecule has 3 aromatic rings. The summed E-state index contributed by atoms with van der Waals surface area (Å²) in [5, 5.41) is 4.07. The summed E-state index contributed by atoms with van der Waals surface area (Å²) < 4.78 is 23.8. The lowest BCUT2D eigenvalue weighted by atomic mass is 10.1. The van der Waals surface area contributed by atoms with Crippen molar-refractivity contribution in [3.8, 4) is 17.1 Å². The maximum absolute atomic E-state index is 12.9. The number of ether oxygens (including phenoxy) is 1. The number of piperazine rings is 1. The molecule has 1 saturated heterocycles. The van der Waals surface area contributed by atoms with E-state index in [2.05, 4.69) is 15.0 Å². The van der Waals surface area contributed by atoms with Gasteiger partial charge in [0.2, 0.25) is 11.7 Å². The van der Waals surface area contributed by atoms with Gasteiger partial charge in [-0.3, -0.25) is 9.69 Å². The number of halogens is 1. The molecule has 2 heterocycles. The van der Waals surface area contributed by atoms with Gasteiger partial charge in [0.15, 0.2) is 6.61 Å². The molecular formula is C22H23FN4O3. The van der Waals surface area contributed by atoms with E-state index < -0.39 is 0 Å². The second-order valence-corrected chi connectivity index (χ2v) is 7.28. The molecule has 156 valence electrons. The maximum atomic E-state index is 12.9. The maximum Gasteiger partial charge on any atom is 0.260 e. The number of aryl methyl sites for hydroxylation is 1. The van der Waals surface area contributed by atoms with Gasteiger partial charge in [0.05, 0.1) is 6.54 Å². The Hall–Kier alpha value is -3.26. The summed E-state index contributed by atoms with van der Waals surface area (Å²) in [5.41, 5.74) is 2.10. The van der Waals surface area contributed by atoms with Crippen molar-refractivity contribution < 1.29 is 18.4 Å². The summed E-state index contributed by atoms with van der Waals surface area (Å²) in [6.07, 6.45) is 0. The Kier molecular flexibility index (Phi) is 6.04. The molecular weight excluding hydrogens is 387 g/mol. The van der Waals surface area contributed by atoms with Crippen LogP contribution in [0.15, 0.2) is 53.1 Å². The Balaban J connectivity index is 1.24. The lowest BCUT2D eigenvalue weighted by Gasteiger charge is -2.33. The van der Waals surface area contributed by atoms with Crippen molar-refractivity contribution in [3.05, 3.63) is 65.8 Å². The fourth-order valence-corrected chi connectivity index (χ4v) is 3.25. The van der Waals surface area contributed by atoms with Crippen LogP contribution in [-0.4, -0.2) is 58.6 Å². The molecule has 1 aliphatic rings. The van der Waals surface area contributed by atoms with Crippen molar-refractivity contribution in [3.63, 3.8) is 0 Å². The lowest BCUT2D eigenvalue weighted by Crippen LogP contribution is -2.49. The van der Waals surface area contributed by atoms with Crippen molar-refractivity contribution in [2.75, 3.05) is 32.8 Å². The highest BCUT2D eigenvalue weighted by atomic mass is 19.1. The van der Waals surface area contributed by atoms with Gasteiger partial charge < -0.3 is 14.2 Å². The fraction of sp³-hybridized carbons (Fsp3) is 0.318. The number of hydrogen-bond donors (Lipinski definition) is 0. The topological polar surface area (TPSA) is 71.7 Å². The van der Waals surface area contributed by atoms with E-state index in [1.54, 1.807) is 4.90 Å². The molecule has 4 rings (SSSR count). The molecule has 1 fully saturated rings. The van der Waals surface area contributed by atoms with Crippen LogP contribution in [0.3, 0.4) is 0 Å². The average molecular weight is 410 g/mol. The molecule has 0 atom stereocenters. The third-order valence-electron chi connectivity index (χ3n) is 5.04. The molecule has 7 nitrogen and oxygen atoms in total. The van der Waals surface area contributed by atoms with Gasteiger partial charge in [0.1, 0.15) is 11.6 Å². The van der Waals surface area contributed by atoms with E-state index in [1.165, 1.54) is 29.8 Å². The predicted octanol–water partition coefficient (Wildman–Crippen LogP) is 2.91. The monoisotopic (exact) mass is 410 g/mol. The van der Waals surface area contributed by atoms with Crippen molar-refractivity contribution in [1.29, 1.82) is 0 Å². The predicted molar refractivity (Wildman–Crippen MR) is 108 cm³/mol. The van der Waals surface area contributed by atoms with Crippen LogP contribution in [-0.2, 0) is 11.3 Å². The number of amides is 1. The Morgan fingerprint density at radius 2 is 1.77 bits per heavy atom. The molecule has 0 aliphatic carbocycles. The quantitative estimate of drug-likeness (QED) is 0.622. The van der Waals surface area contributed by atoms with E-state index in [-0.39, 0.29) is 18.3 Å². The number of nitrogens with zero attached hydrogens (tertiary/aromatic N) is 4. The molecule has 1 aliphatic heterocycles. The molecule has 2 aromatic carbocycles. The molecule has 0 saturated carbocycles. The second kappa shape index (κ2) is 9.04. The summed E-state index contributed by atoms with van der Waals surface area (Å²) in [6, 6.07) is 13.6. The van der Waals surface area contributed by atoms with Gasteiger partial charge in [0, 0.05) is 31.7 Å². The number of hydrogen-bond acceptors (Lipinski definition) is 6. The summed E-state index contributed by atoms with van der Waals surface area (Å²) in [6.45, 7) is 5.15. The minimum absolute atomic E-state index is 0.0603. The highest BCUT2D eigenvalue weighted by Gasteiger charge is 2.23. The largest absolute Gasteiger partial charge is 0.484 e. The van der Waals surface area contributed by atoms with Gasteiger partial charge in [-0.05, 0) is 31.2 Å². The summed E-state index contributed by atoms with van der Waals surface area (Å²) in [7, 11) is 0. The molecule has 30 heavy (non-hydrogen) atoms. The van der Waals surface area contributed by atoms with Crippen LogP contribution >= 0.6 is 0 Å². The first-order chi connectivity index (χ1) is 14.6. The average Bonchev–Trinajstić information content (AvgIpc) is 3.22. The van der Waals surface area contributed by atoms with Crippen LogP contribution in [0.5, 0.6) is 5.75 Å². The van der Waals surface area contributed by atoms with Gasteiger partial charge in [-0.25, -0.2) is 4.39 Å². The number of aromatic nitrogens is 2. The van der Waals surface area contributed by atoms with E-state index in [1.807, 2.05) is 31.2 Å². The van der Waals surface area contributed by atoms with Crippen molar-refractivity contribution >= 4 is 5.91 Å². The second-order valence-electron chi connectivity index (χ2n) is 7.28. The normalized spacial score (nSPS) is 14.7. The number of carbonyl (C=O) groups is 1. The number of carbonyl (C=O) groups excluding carboxylic acids is 1. The van der Waals surface area contributed by atoms with Gasteiger partial charge >= 0.3 is 0 Å². The first-order valence-corrected chi connectivity index (χ1v) is 9.85. The van der Waals surface area contributed by atoms with Crippen molar-refractivity contribution in [2.24, 2.45) is 0 Å². The fourth-order valence-electron chi connectivity index (χ4n) is 3.25. The number of benzene rings is 2. The SMILES string of the molecule is Cc1ccc(-c2noc(CN3CCN(C(=O)COc4ccc(F)cc4)CC3)n2)cc1. The van der Waals surface area contributed by atoms with Crippen LogP contribution < -0.4 is 4.74 Å². The van der Waals surface area contributed by atoms with E-state index in [0.717, 1.165) is 5.56 Å². The third-order valence-corrected chi connectivity index (χ3v) is 5.04. The molecule has 0 N–H and O–H groups in total. The van der Waals surface area contributed by atoms with Crippen LogP contribution in [0.4, 0.5) is 4.39 Å². The molecule has 0 radical (unpaired) electrons. The summed E-state index contributed by atoms with van der Waals surface area (Å²) >= 11 is 0. The van der Waals surface area contributed by atoms with E-state index in [9.17, 15) is 9.18 Å². The molecule has 0 spiro atoms. The zero-order valence-corrected chi connectivity index (χ0v) is 16.8. The highest BCUT2D eigenvalue weighted by Crippen LogP contribution is 2.17. The molecule has 8 heteroatoms. The Morgan fingerprint density at radius 1 is 1.07 bits per heavy atom. The lowest BCUT2D eigenvalue weighted by molar-refractivity contribution is -0.135. The number of rotatable bonds is 6. The Labute approximate surface area is 174 Å². The third kappa shape index (κ3) is 5.01. The first-order valence-electron chi connectivity index (χ1n) is 9.85. The van der Waals surface area contributed by atoms with Crippen molar-refractivity contribution in [2.45, 2.75) is 13.5 Å². The van der Waals surface area contributed by atoms with Gasteiger partial charge in [-0.1, -0.05) is 35.0 Å². The summed E-state index contributed by atoms with van der Waals surface area (Å²) in [4.78, 5) is 20.8. The molecule has 1 aromatic heterocycles. The highest BCUT2D eigenvalue weighted by molar-refractivity contribution is 5.77. The Bertz CT molecular complexity index is 980. The van der Waals surface area contributed by atoms with Crippen molar-refractivity contribution in [1.82, 2.24) is 19.9 Å². The van der Waals surface area contributed by atoms with Gasteiger partial charge in [0.25, 0.3) is 5.91 Å². The van der Waals surface area contributed by atoms with E-state index in [4.69, 9.17) is 9.26 Å². The van der Waals surface area contributed by atoms with E-state index in [0.29, 0.717) is 50.2 Å². The van der Waals surface area contributed by atoms with Crippen LogP contribution in [0.2, 0.25) is 0 Å². The van der Waals surface area contributed by atoms with E-state index >= 15 is 0 Å².